The van der Waals surface area contributed by atoms with E-state index in [1.54, 1.807) is 16.9 Å². The van der Waals surface area contributed by atoms with Crippen molar-refractivity contribution in [1.29, 1.82) is 0 Å². The number of nitrogens with zero attached hydrogens (tertiary/aromatic N) is 3. The van der Waals surface area contributed by atoms with Crippen molar-refractivity contribution in [3.63, 3.8) is 0 Å². The van der Waals surface area contributed by atoms with Gasteiger partial charge < -0.3 is 14.7 Å². The van der Waals surface area contributed by atoms with Gasteiger partial charge in [0, 0.05) is 31.4 Å². The van der Waals surface area contributed by atoms with Crippen LogP contribution >= 0.6 is 0 Å². The van der Waals surface area contributed by atoms with Gasteiger partial charge in [0.15, 0.2) is 0 Å². The Hall–Kier alpha value is -2.43. The number of morpholine rings is 1. The third-order valence-corrected chi connectivity index (χ3v) is 6.36. The highest BCUT2D eigenvalue weighted by Crippen LogP contribution is 2.27. The number of hydrogen-bond donors (Lipinski definition) is 2. The van der Waals surface area contributed by atoms with Crippen LogP contribution in [0.25, 0.3) is 11.0 Å². The monoisotopic (exact) mass is 377 g/mol. The molecule has 1 aliphatic heterocycles. The van der Waals surface area contributed by atoms with Crippen LogP contribution in [0.5, 0.6) is 0 Å². The summed E-state index contributed by atoms with van der Waals surface area (Å²) in [7, 11) is -3.69. The van der Waals surface area contributed by atoms with Gasteiger partial charge in [0.2, 0.25) is 10.0 Å². The van der Waals surface area contributed by atoms with E-state index in [2.05, 4.69) is 15.1 Å². The van der Waals surface area contributed by atoms with Crippen LogP contribution in [0, 0.1) is 0 Å². The third kappa shape index (κ3) is 2.96. The molecule has 0 aliphatic carbocycles. The lowest BCUT2D eigenvalue weighted by Crippen LogP contribution is -2.42. The maximum Gasteiger partial charge on any atom is 0.323 e. The number of fused-ring (bicyclic) bond motifs is 1. The highest BCUT2D eigenvalue weighted by molar-refractivity contribution is 7.89. The molecule has 0 amide bonds. The Morgan fingerprint density at radius 2 is 2.12 bits per heavy atom. The van der Waals surface area contributed by atoms with Crippen LogP contribution in [-0.2, 0) is 21.3 Å². The molecule has 1 aliphatic rings. The average molecular weight is 377 g/mol. The predicted molar refractivity (Wildman–Crippen MR) is 94.3 cm³/mol. The number of nitrogens with one attached hydrogen (secondary N) is 2. The Bertz CT molecular complexity index is 1100. The first-order chi connectivity index (χ1) is 12.5. The lowest BCUT2D eigenvalue weighted by atomic mass is 10.2. The molecular formula is C16H19N5O4S. The van der Waals surface area contributed by atoms with Crippen LogP contribution in [0.1, 0.15) is 18.6 Å². The number of rotatable bonds is 4. The second-order valence-corrected chi connectivity index (χ2v) is 8.08. The fraction of sp³-hybridized carbons (Fsp3) is 0.375. The Kier molecular flexibility index (Phi) is 4.17. The van der Waals surface area contributed by atoms with Gasteiger partial charge in [0.05, 0.1) is 34.8 Å². The van der Waals surface area contributed by atoms with Crippen molar-refractivity contribution in [2.45, 2.75) is 24.5 Å². The van der Waals surface area contributed by atoms with Gasteiger partial charge in [-0.3, -0.25) is 4.68 Å². The van der Waals surface area contributed by atoms with Crippen molar-refractivity contribution in [3.8, 4) is 0 Å². The number of aryl methyl sites for hydroxylation is 1. The topological polar surface area (TPSA) is 113 Å². The SMILES string of the molecule is CCn1cc(C2CN(S(=O)(=O)c3ccc4[nH]c(=O)[nH]c4c3)CCO2)cn1. The summed E-state index contributed by atoms with van der Waals surface area (Å²) >= 11 is 0. The van der Waals surface area contributed by atoms with E-state index in [1.165, 1.54) is 16.4 Å². The summed E-state index contributed by atoms with van der Waals surface area (Å²) in [4.78, 5) is 16.7. The van der Waals surface area contributed by atoms with Crippen LogP contribution in [0.15, 0.2) is 40.3 Å². The minimum Gasteiger partial charge on any atom is -0.371 e. The van der Waals surface area contributed by atoms with Crippen molar-refractivity contribution in [2.75, 3.05) is 19.7 Å². The quantitative estimate of drug-likeness (QED) is 0.699. The highest BCUT2D eigenvalue weighted by atomic mass is 32.2. The van der Waals surface area contributed by atoms with Gasteiger partial charge in [0.25, 0.3) is 0 Å². The molecule has 1 unspecified atom stereocenters. The Labute approximate surface area is 149 Å². The molecular weight excluding hydrogens is 358 g/mol. The molecule has 0 bridgehead atoms. The smallest absolute Gasteiger partial charge is 0.323 e. The van der Waals surface area contributed by atoms with Gasteiger partial charge in [-0.2, -0.15) is 9.40 Å². The summed E-state index contributed by atoms with van der Waals surface area (Å²) in [5, 5.41) is 4.22. The summed E-state index contributed by atoms with van der Waals surface area (Å²) in [6.07, 6.45) is 3.23. The molecule has 0 radical (unpaired) electrons. The van der Waals surface area contributed by atoms with Crippen LogP contribution in [-0.4, -0.2) is 52.2 Å². The average Bonchev–Trinajstić information content (AvgIpc) is 3.26. The number of sulfonamides is 1. The summed E-state index contributed by atoms with van der Waals surface area (Å²) in [5.41, 5.74) is 1.52. The molecule has 0 spiro atoms. The fourth-order valence-corrected chi connectivity index (χ4v) is 4.54. The summed E-state index contributed by atoms with van der Waals surface area (Å²) in [6.45, 7) is 3.53. The van der Waals surface area contributed by atoms with Crippen LogP contribution in [0.2, 0.25) is 0 Å². The molecule has 10 heteroatoms. The largest absolute Gasteiger partial charge is 0.371 e. The zero-order valence-electron chi connectivity index (χ0n) is 14.2. The van der Waals surface area contributed by atoms with Gasteiger partial charge in [-0.25, -0.2) is 13.2 Å². The first-order valence-corrected chi connectivity index (χ1v) is 9.77. The van der Waals surface area contributed by atoms with Crippen molar-refractivity contribution >= 4 is 21.1 Å². The molecule has 1 aromatic carbocycles. The maximum absolute atomic E-state index is 13.0. The Morgan fingerprint density at radius 3 is 2.88 bits per heavy atom. The lowest BCUT2D eigenvalue weighted by molar-refractivity contribution is -0.00260. The van der Waals surface area contributed by atoms with Crippen molar-refractivity contribution in [3.05, 3.63) is 46.6 Å². The number of H-pyrrole nitrogens is 2. The molecule has 26 heavy (non-hydrogen) atoms. The minimum atomic E-state index is -3.69. The highest BCUT2D eigenvalue weighted by Gasteiger charge is 2.32. The second-order valence-electron chi connectivity index (χ2n) is 6.14. The van der Waals surface area contributed by atoms with E-state index < -0.39 is 10.0 Å². The molecule has 1 saturated heterocycles. The van der Waals surface area contributed by atoms with Crippen LogP contribution in [0.4, 0.5) is 0 Å². The predicted octanol–water partition coefficient (Wildman–Crippen LogP) is 0.835. The summed E-state index contributed by atoms with van der Waals surface area (Å²) in [5.74, 6) is 0. The third-order valence-electron chi connectivity index (χ3n) is 4.50. The lowest BCUT2D eigenvalue weighted by Gasteiger charge is -2.31. The Balaban J connectivity index is 1.62. The number of imidazole rings is 1. The molecule has 2 N–H and O–H groups in total. The normalized spacial score (nSPS) is 19.2. The van der Waals surface area contributed by atoms with Gasteiger partial charge in [-0.15, -0.1) is 0 Å². The fourth-order valence-electron chi connectivity index (χ4n) is 3.09. The van der Waals surface area contributed by atoms with E-state index in [0.29, 0.717) is 17.6 Å². The first-order valence-electron chi connectivity index (χ1n) is 8.33. The molecule has 1 atom stereocenters. The number of ether oxygens (including phenoxy) is 1. The molecule has 0 saturated carbocycles. The number of benzene rings is 1. The van der Waals surface area contributed by atoms with Crippen LogP contribution in [0.3, 0.4) is 0 Å². The first kappa shape index (κ1) is 17.0. The van der Waals surface area contributed by atoms with Crippen molar-refractivity contribution in [2.24, 2.45) is 0 Å². The molecule has 1 fully saturated rings. The summed E-state index contributed by atoms with van der Waals surface area (Å²) < 4.78 is 35.0. The van der Waals surface area contributed by atoms with E-state index in [4.69, 9.17) is 4.74 Å². The second kappa shape index (κ2) is 6.38. The molecule has 138 valence electrons. The number of aromatic amines is 2. The van der Waals surface area contributed by atoms with Crippen LogP contribution < -0.4 is 5.69 Å². The minimum absolute atomic E-state index is 0.144. The number of hydrogen-bond acceptors (Lipinski definition) is 5. The van der Waals surface area contributed by atoms with E-state index in [9.17, 15) is 13.2 Å². The van der Waals surface area contributed by atoms with E-state index in [0.717, 1.165) is 12.1 Å². The summed E-state index contributed by atoms with van der Waals surface area (Å²) in [6, 6.07) is 4.56. The van der Waals surface area contributed by atoms with E-state index in [1.807, 2.05) is 13.1 Å². The molecule has 9 nitrogen and oxygen atoms in total. The molecule has 3 aromatic rings. The van der Waals surface area contributed by atoms with Gasteiger partial charge in [-0.05, 0) is 25.1 Å². The van der Waals surface area contributed by atoms with Gasteiger partial charge >= 0.3 is 5.69 Å². The van der Waals surface area contributed by atoms with E-state index in [-0.39, 0.29) is 29.8 Å². The maximum atomic E-state index is 13.0. The van der Waals surface area contributed by atoms with E-state index >= 15 is 0 Å². The number of aromatic nitrogens is 4. The van der Waals surface area contributed by atoms with Gasteiger partial charge in [-0.1, -0.05) is 0 Å². The van der Waals surface area contributed by atoms with Gasteiger partial charge in [0.1, 0.15) is 0 Å². The molecule has 4 rings (SSSR count). The zero-order valence-corrected chi connectivity index (χ0v) is 15.0. The molecule has 3 heterocycles. The Morgan fingerprint density at radius 1 is 1.31 bits per heavy atom. The zero-order chi connectivity index (χ0) is 18.3. The van der Waals surface area contributed by atoms with Crippen molar-refractivity contribution in [1.82, 2.24) is 24.1 Å². The standard InChI is InChI=1S/C16H19N5O4S/c1-2-20-9-11(8-17-20)15-10-21(5-6-25-15)26(23,24)12-3-4-13-14(7-12)19-16(22)18-13/h3-4,7-9,15H,2,5-6,10H2,1H3,(H2,18,19,22). The molecule has 2 aromatic heterocycles. The van der Waals surface area contributed by atoms with Crippen molar-refractivity contribution < 1.29 is 13.2 Å².